The molecule has 2 rings (SSSR count). The standard InChI is InChI=1S/C25H35NO4/c1-4-7-17-29-22-13-11-21(12-14-22)26-25(27)16-10-20-9-15-23(30-18-8-5-2)24(19-20)28-6-3/h9,11-15,19H,4-8,10,16-18H2,1-3H3,(H,26,27). The number of rotatable bonds is 14. The van der Waals surface area contributed by atoms with Crippen LogP contribution in [0.4, 0.5) is 5.69 Å². The SMILES string of the molecule is CCCCOc1ccc(NC(=O)CCc2ccc(OCCCC)c(OCC)c2)cc1. The van der Waals surface area contributed by atoms with E-state index >= 15 is 0 Å². The normalized spacial score (nSPS) is 10.5. The van der Waals surface area contributed by atoms with Crippen molar-refractivity contribution in [2.24, 2.45) is 0 Å². The Bertz CT molecular complexity index is 758. The maximum atomic E-state index is 12.3. The molecule has 5 nitrogen and oxygen atoms in total. The third-order valence-corrected chi connectivity index (χ3v) is 4.61. The zero-order chi connectivity index (χ0) is 21.6. The molecule has 0 unspecified atom stereocenters. The number of carbonyl (C=O) groups excluding carboxylic acids is 1. The summed E-state index contributed by atoms with van der Waals surface area (Å²) in [4.78, 5) is 12.3. The molecule has 2 aromatic carbocycles. The van der Waals surface area contributed by atoms with Crippen molar-refractivity contribution in [1.29, 1.82) is 0 Å². The zero-order valence-electron chi connectivity index (χ0n) is 18.5. The number of unbranched alkanes of at least 4 members (excludes halogenated alkanes) is 2. The Morgan fingerprint density at radius 1 is 0.833 bits per heavy atom. The minimum atomic E-state index is -0.0177. The number of nitrogens with one attached hydrogen (secondary N) is 1. The number of carbonyl (C=O) groups is 1. The zero-order valence-corrected chi connectivity index (χ0v) is 18.5. The lowest BCUT2D eigenvalue weighted by atomic mass is 10.1. The molecule has 0 saturated carbocycles. The summed E-state index contributed by atoms with van der Waals surface area (Å²) in [5.74, 6) is 2.31. The van der Waals surface area contributed by atoms with Crippen LogP contribution in [0, 0.1) is 0 Å². The predicted molar refractivity (Wildman–Crippen MR) is 122 cm³/mol. The minimum Gasteiger partial charge on any atom is -0.494 e. The summed E-state index contributed by atoms with van der Waals surface area (Å²) >= 11 is 0. The highest BCUT2D eigenvalue weighted by Gasteiger charge is 2.09. The first-order valence-electron chi connectivity index (χ1n) is 11.1. The first kappa shape index (κ1) is 23.6. The molecule has 1 amide bonds. The van der Waals surface area contributed by atoms with Crippen molar-refractivity contribution in [2.45, 2.75) is 59.3 Å². The van der Waals surface area contributed by atoms with E-state index in [0.29, 0.717) is 32.7 Å². The quantitative estimate of drug-likeness (QED) is 0.385. The monoisotopic (exact) mass is 413 g/mol. The average Bonchev–Trinajstić information content (AvgIpc) is 2.75. The lowest BCUT2D eigenvalue weighted by Gasteiger charge is -2.13. The molecule has 2 aromatic rings. The molecule has 0 spiro atoms. The van der Waals surface area contributed by atoms with Gasteiger partial charge >= 0.3 is 0 Å². The molecule has 0 radical (unpaired) electrons. The molecule has 0 saturated heterocycles. The molecule has 0 bridgehead atoms. The maximum Gasteiger partial charge on any atom is 0.224 e. The summed E-state index contributed by atoms with van der Waals surface area (Å²) in [6.45, 7) is 8.20. The second kappa shape index (κ2) is 13.5. The van der Waals surface area contributed by atoms with Gasteiger partial charge in [0.15, 0.2) is 11.5 Å². The van der Waals surface area contributed by atoms with E-state index in [1.165, 1.54) is 0 Å². The second-order valence-corrected chi connectivity index (χ2v) is 7.19. The van der Waals surface area contributed by atoms with E-state index in [9.17, 15) is 4.79 Å². The van der Waals surface area contributed by atoms with Gasteiger partial charge in [-0.15, -0.1) is 0 Å². The van der Waals surface area contributed by atoms with Gasteiger partial charge in [0.1, 0.15) is 5.75 Å². The van der Waals surface area contributed by atoms with Crippen LogP contribution in [0.3, 0.4) is 0 Å². The predicted octanol–water partition coefficient (Wildman–Crippen LogP) is 6.01. The summed E-state index contributed by atoms with van der Waals surface area (Å²) < 4.78 is 17.2. The smallest absolute Gasteiger partial charge is 0.224 e. The van der Waals surface area contributed by atoms with Crippen LogP contribution in [0.5, 0.6) is 17.2 Å². The lowest BCUT2D eigenvalue weighted by Crippen LogP contribution is -2.12. The van der Waals surface area contributed by atoms with Crippen LogP contribution in [-0.2, 0) is 11.2 Å². The van der Waals surface area contributed by atoms with E-state index in [1.807, 2.05) is 49.4 Å². The number of anilines is 1. The van der Waals surface area contributed by atoms with Gasteiger partial charge in [-0.3, -0.25) is 4.79 Å². The van der Waals surface area contributed by atoms with Crippen molar-refractivity contribution in [3.05, 3.63) is 48.0 Å². The van der Waals surface area contributed by atoms with Crippen LogP contribution in [0.15, 0.2) is 42.5 Å². The Morgan fingerprint density at radius 3 is 2.20 bits per heavy atom. The Balaban J connectivity index is 1.85. The van der Waals surface area contributed by atoms with Crippen molar-refractivity contribution in [3.8, 4) is 17.2 Å². The van der Waals surface area contributed by atoms with E-state index in [-0.39, 0.29) is 5.91 Å². The van der Waals surface area contributed by atoms with Gasteiger partial charge in [-0.1, -0.05) is 32.8 Å². The molecule has 0 atom stereocenters. The van der Waals surface area contributed by atoms with Gasteiger partial charge in [0.05, 0.1) is 19.8 Å². The minimum absolute atomic E-state index is 0.0177. The Kier molecular flexibility index (Phi) is 10.6. The first-order valence-corrected chi connectivity index (χ1v) is 11.1. The molecule has 164 valence electrons. The van der Waals surface area contributed by atoms with E-state index < -0.39 is 0 Å². The molecule has 0 heterocycles. The van der Waals surface area contributed by atoms with Crippen LogP contribution >= 0.6 is 0 Å². The molecule has 0 aliphatic carbocycles. The fraction of sp³-hybridized carbons (Fsp3) is 0.480. The summed E-state index contributed by atoms with van der Waals surface area (Å²) in [7, 11) is 0. The first-order chi connectivity index (χ1) is 14.7. The fourth-order valence-corrected chi connectivity index (χ4v) is 2.87. The van der Waals surface area contributed by atoms with Gasteiger partial charge in [0.2, 0.25) is 5.91 Å². The molecule has 0 fully saturated rings. The number of amides is 1. The van der Waals surface area contributed by atoms with Crippen LogP contribution in [0.1, 0.15) is 58.4 Å². The Labute approximate surface area is 180 Å². The maximum absolute atomic E-state index is 12.3. The van der Waals surface area contributed by atoms with Crippen molar-refractivity contribution in [3.63, 3.8) is 0 Å². The van der Waals surface area contributed by atoms with Crippen LogP contribution in [0.25, 0.3) is 0 Å². The van der Waals surface area contributed by atoms with Gasteiger partial charge < -0.3 is 19.5 Å². The number of hydrogen-bond donors (Lipinski definition) is 1. The molecule has 5 heteroatoms. The fourth-order valence-electron chi connectivity index (χ4n) is 2.87. The lowest BCUT2D eigenvalue weighted by molar-refractivity contribution is -0.116. The van der Waals surface area contributed by atoms with Gasteiger partial charge in [0, 0.05) is 12.1 Å². The van der Waals surface area contributed by atoms with Crippen molar-refractivity contribution in [2.75, 3.05) is 25.1 Å². The van der Waals surface area contributed by atoms with Crippen LogP contribution in [0.2, 0.25) is 0 Å². The molecular formula is C25H35NO4. The highest BCUT2D eigenvalue weighted by Crippen LogP contribution is 2.29. The van der Waals surface area contributed by atoms with Crippen molar-refractivity contribution < 1.29 is 19.0 Å². The number of benzene rings is 2. The van der Waals surface area contributed by atoms with Crippen molar-refractivity contribution >= 4 is 11.6 Å². The van der Waals surface area contributed by atoms with Crippen molar-refractivity contribution in [1.82, 2.24) is 0 Å². The molecular weight excluding hydrogens is 378 g/mol. The largest absolute Gasteiger partial charge is 0.494 e. The van der Waals surface area contributed by atoms with E-state index in [4.69, 9.17) is 14.2 Å². The van der Waals surface area contributed by atoms with Crippen LogP contribution < -0.4 is 19.5 Å². The van der Waals surface area contributed by atoms with Gasteiger partial charge in [-0.25, -0.2) is 0 Å². The molecule has 1 N–H and O–H groups in total. The van der Waals surface area contributed by atoms with E-state index in [0.717, 1.165) is 54.2 Å². The third kappa shape index (κ3) is 8.36. The van der Waals surface area contributed by atoms with E-state index in [2.05, 4.69) is 19.2 Å². The average molecular weight is 414 g/mol. The Hall–Kier alpha value is -2.69. The Morgan fingerprint density at radius 2 is 1.53 bits per heavy atom. The van der Waals surface area contributed by atoms with Gasteiger partial charge in [-0.05, 0) is 68.1 Å². The van der Waals surface area contributed by atoms with Crippen LogP contribution in [-0.4, -0.2) is 25.7 Å². The van der Waals surface area contributed by atoms with Gasteiger partial charge in [-0.2, -0.15) is 0 Å². The molecule has 0 aromatic heterocycles. The second-order valence-electron chi connectivity index (χ2n) is 7.19. The highest BCUT2D eigenvalue weighted by molar-refractivity contribution is 5.90. The summed E-state index contributed by atoms with van der Waals surface area (Å²) in [5.41, 5.74) is 1.83. The highest BCUT2D eigenvalue weighted by atomic mass is 16.5. The number of aryl methyl sites for hydroxylation is 1. The van der Waals surface area contributed by atoms with E-state index in [1.54, 1.807) is 0 Å². The summed E-state index contributed by atoms with van der Waals surface area (Å²) in [6.07, 6.45) is 5.28. The molecule has 0 aliphatic heterocycles. The molecule has 30 heavy (non-hydrogen) atoms. The topological polar surface area (TPSA) is 56.8 Å². The number of hydrogen-bond acceptors (Lipinski definition) is 4. The molecule has 0 aliphatic rings. The number of ether oxygens (including phenoxy) is 3. The third-order valence-electron chi connectivity index (χ3n) is 4.61. The summed E-state index contributed by atoms with van der Waals surface area (Å²) in [6, 6.07) is 13.4. The van der Waals surface area contributed by atoms with Gasteiger partial charge in [0.25, 0.3) is 0 Å². The summed E-state index contributed by atoms with van der Waals surface area (Å²) in [5, 5.41) is 2.94.